The van der Waals surface area contributed by atoms with Gasteiger partial charge >= 0.3 is 0 Å². The first-order chi connectivity index (χ1) is 17.2. The van der Waals surface area contributed by atoms with Gasteiger partial charge in [0.1, 0.15) is 0 Å². The van der Waals surface area contributed by atoms with Gasteiger partial charge < -0.3 is 30.4 Å². The van der Waals surface area contributed by atoms with Crippen LogP contribution in [0.1, 0.15) is 45.7 Å². The number of rotatable bonds is 8. The Morgan fingerprint density at radius 3 is 2.69 bits per heavy atom. The highest BCUT2D eigenvalue weighted by molar-refractivity contribution is 7.89. The molecule has 1 fully saturated rings. The number of amides is 1. The number of benzene rings is 1. The molecular formula is C25H31N5O5S. The van der Waals surface area contributed by atoms with Gasteiger partial charge in [-0.2, -0.15) is 0 Å². The first kappa shape index (κ1) is 24.6. The van der Waals surface area contributed by atoms with E-state index < -0.39 is 16.1 Å². The number of sulfonamides is 1. The quantitative estimate of drug-likeness (QED) is 0.269. The molecule has 6 N–H and O–H groups in total. The van der Waals surface area contributed by atoms with Crippen LogP contribution in [-0.4, -0.2) is 78.7 Å². The molecule has 1 aromatic carbocycles. The fourth-order valence-corrected chi connectivity index (χ4v) is 6.05. The number of hydrogen-bond donors (Lipinski definition) is 6. The van der Waals surface area contributed by atoms with E-state index in [4.69, 9.17) is 0 Å². The molecular weight excluding hydrogens is 482 g/mol. The lowest BCUT2D eigenvalue weighted by atomic mass is 10.0. The van der Waals surface area contributed by atoms with Crippen LogP contribution in [-0.2, 0) is 16.4 Å². The highest BCUT2D eigenvalue weighted by Gasteiger charge is 2.30. The summed E-state index contributed by atoms with van der Waals surface area (Å²) in [5, 5.41) is 24.5. The molecule has 0 bridgehead atoms. The molecule has 2 aliphatic rings. The number of H-pyrrole nitrogens is 2. The highest BCUT2D eigenvalue weighted by Crippen LogP contribution is 2.42. The van der Waals surface area contributed by atoms with Crippen molar-refractivity contribution in [3.05, 3.63) is 52.4 Å². The summed E-state index contributed by atoms with van der Waals surface area (Å²) < 4.78 is 27.0. The third kappa shape index (κ3) is 4.32. The first-order valence-electron chi connectivity index (χ1n) is 12.1. The maximum absolute atomic E-state index is 13.1. The Labute approximate surface area is 209 Å². The lowest BCUT2D eigenvalue weighted by Gasteiger charge is -2.19. The zero-order valence-corrected chi connectivity index (χ0v) is 21.1. The minimum atomic E-state index is -3.67. The Morgan fingerprint density at radius 1 is 1.22 bits per heavy atom. The number of aliphatic hydroxyl groups excluding tert-OH is 1. The second kappa shape index (κ2) is 9.40. The van der Waals surface area contributed by atoms with Crippen LogP contribution in [0.15, 0.2) is 29.2 Å². The van der Waals surface area contributed by atoms with Gasteiger partial charge in [-0.3, -0.25) is 4.79 Å². The molecule has 0 spiro atoms. The van der Waals surface area contributed by atoms with E-state index in [1.165, 1.54) is 19.2 Å². The van der Waals surface area contributed by atoms with Crippen LogP contribution < -0.4 is 10.0 Å². The molecule has 1 unspecified atom stereocenters. The largest absolute Gasteiger partial charge is 0.494 e. The number of allylic oxidation sites excluding steroid dienone is 1. The third-order valence-corrected chi connectivity index (χ3v) is 8.47. The standard InChI is InChI=1S/C25H31N5O5S/c1-14-21(24(32)27-12-15(31)13-30-9-3-4-10-30)17-6-7-18(23(17)28-14)22-19-11-16(36(34,35)26-2)5-8-20(19)29-25(22)33/h5,7-8,11,15,26,28-29,31,33H,3-4,6,9-10,12-13H2,1-2H3,(H,27,32). The van der Waals surface area contributed by atoms with Crippen molar-refractivity contribution in [3.8, 4) is 5.88 Å². The van der Waals surface area contributed by atoms with Crippen LogP contribution >= 0.6 is 0 Å². The Kier molecular flexibility index (Phi) is 6.41. The lowest BCUT2D eigenvalue weighted by Crippen LogP contribution is -2.39. The number of aryl methyl sites for hydroxylation is 1. The summed E-state index contributed by atoms with van der Waals surface area (Å²) in [6.45, 7) is 4.49. The summed E-state index contributed by atoms with van der Waals surface area (Å²) in [6.07, 6.45) is 4.04. The molecule has 192 valence electrons. The summed E-state index contributed by atoms with van der Waals surface area (Å²) in [5.74, 6) is -0.336. The van der Waals surface area contributed by atoms with Crippen LogP contribution in [0.25, 0.3) is 16.5 Å². The van der Waals surface area contributed by atoms with Crippen LogP contribution in [0.5, 0.6) is 5.88 Å². The third-order valence-electron chi connectivity index (χ3n) is 7.06. The number of carbonyl (C=O) groups is 1. The van der Waals surface area contributed by atoms with Crippen molar-refractivity contribution >= 4 is 32.4 Å². The van der Waals surface area contributed by atoms with Crippen LogP contribution in [0, 0.1) is 6.92 Å². The Balaban J connectivity index is 1.41. The van der Waals surface area contributed by atoms with Crippen molar-refractivity contribution in [2.75, 3.05) is 33.2 Å². The second-order valence-electron chi connectivity index (χ2n) is 9.44. The van der Waals surface area contributed by atoms with Crippen LogP contribution in [0.4, 0.5) is 0 Å². The number of fused-ring (bicyclic) bond motifs is 2. The molecule has 10 nitrogen and oxygen atoms in total. The number of aromatic hydroxyl groups is 1. The lowest BCUT2D eigenvalue weighted by molar-refractivity contribution is 0.0878. The van der Waals surface area contributed by atoms with Crippen molar-refractivity contribution in [3.63, 3.8) is 0 Å². The summed E-state index contributed by atoms with van der Waals surface area (Å²) >= 11 is 0. The van der Waals surface area contributed by atoms with E-state index in [0.29, 0.717) is 52.0 Å². The summed E-state index contributed by atoms with van der Waals surface area (Å²) in [4.78, 5) is 21.6. The van der Waals surface area contributed by atoms with Gasteiger partial charge in [0.2, 0.25) is 10.0 Å². The first-order valence-corrected chi connectivity index (χ1v) is 13.6. The number of nitrogens with zero attached hydrogens (tertiary/aromatic N) is 1. The van der Waals surface area contributed by atoms with Crippen LogP contribution in [0.2, 0.25) is 0 Å². The molecule has 1 amide bonds. The molecule has 36 heavy (non-hydrogen) atoms. The van der Waals surface area contributed by atoms with Gasteiger partial charge in [0.15, 0.2) is 5.88 Å². The summed E-state index contributed by atoms with van der Waals surface area (Å²) in [7, 11) is -2.32. The van der Waals surface area contributed by atoms with Gasteiger partial charge in [-0.15, -0.1) is 0 Å². The zero-order chi connectivity index (χ0) is 25.6. The number of carbonyl (C=O) groups excluding carboxylic acids is 1. The number of hydrogen-bond acceptors (Lipinski definition) is 6. The van der Waals surface area contributed by atoms with Gasteiger partial charge in [0.25, 0.3) is 5.91 Å². The molecule has 0 radical (unpaired) electrons. The SMILES string of the molecule is CNS(=O)(=O)c1ccc2[nH]c(O)c(C3=CCc4c3[nH]c(C)c4C(=O)NCC(O)CN3CCCC3)c2c1. The Hall–Kier alpha value is -3.12. The normalized spacial score (nSPS) is 16.9. The van der Waals surface area contributed by atoms with E-state index in [9.17, 15) is 23.4 Å². The average Bonchev–Trinajstić information content (AvgIpc) is 3.61. The van der Waals surface area contributed by atoms with E-state index in [1.807, 2.05) is 13.0 Å². The van der Waals surface area contributed by atoms with Crippen molar-refractivity contribution in [2.45, 2.75) is 37.2 Å². The minimum absolute atomic E-state index is 0.0774. The van der Waals surface area contributed by atoms with Gasteiger partial charge in [0.05, 0.1) is 27.8 Å². The van der Waals surface area contributed by atoms with Crippen molar-refractivity contribution < 1.29 is 23.4 Å². The molecule has 1 aliphatic carbocycles. The number of β-amino-alcohol motifs (C(OH)–C–C–N with tert-alkyl or cyclic N) is 1. The highest BCUT2D eigenvalue weighted by atomic mass is 32.2. The van der Waals surface area contributed by atoms with Gasteiger partial charge in [0, 0.05) is 35.3 Å². The molecule has 3 aromatic rings. The fourth-order valence-electron chi connectivity index (χ4n) is 5.29. The molecule has 1 atom stereocenters. The smallest absolute Gasteiger partial charge is 0.253 e. The van der Waals surface area contributed by atoms with E-state index in [1.54, 1.807) is 6.07 Å². The Bertz CT molecular complexity index is 1460. The summed E-state index contributed by atoms with van der Waals surface area (Å²) in [5.41, 5.74) is 4.52. The maximum Gasteiger partial charge on any atom is 0.253 e. The molecule has 1 aliphatic heterocycles. The number of aliphatic hydroxyl groups is 1. The predicted molar refractivity (Wildman–Crippen MR) is 137 cm³/mol. The molecule has 0 saturated carbocycles. The number of nitrogens with one attached hydrogen (secondary N) is 4. The van der Waals surface area contributed by atoms with Gasteiger partial charge in [-0.1, -0.05) is 6.08 Å². The Morgan fingerprint density at radius 2 is 1.97 bits per heavy atom. The van der Waals surface area contributed by atoms with Crippen molar-refractivity contribution in [1.82, 2.24) is 24.9 Å². The average molecular weight is 514 g/mol. The molecule has 11 heteroatoms. The molecule has 3 heterocycles. The van der Waals surface area contributed by atoms with E-state index in [0.717, 1.165) is 31.5 Å². The predicted octanol–water partition coefficient (Wildman–Crippen LogP) is 1.59. The number of aromatic nitrogens is 2. The van der Waals surface area contributed by atoms with E-state index >= 15 is 0 Å². The fraction of sp³-hybridized carbons (Fsp3) is 0.400. The minimum Gasteiger partial charge on any atom is -0.494 e. The van der Waals surface area contributed by atoms with Crippen molar-refractivity contribution in [1.29, 1.82) is 0 Å². The zero-order valence-electron chi connectivity index (χ0n) is 20.3. The second-order valence-corrected chi connectivity index (χ2v) is 11.3. The van der Waals surface area contributed by atoms with Gasteiger partial charge in [-0.25, -0.2) is 13.1 Å². The van der Waals surface area contributed by atoms with Crippen LogP contribution in [0.3, 0.4) is 0 Å². The monoisotopic (exact) mass is 513 g/mol. The number of aromatic amines is 2. The molecule has 2 aromatic heterocycles. The van der Waals surface area contributed by atoms with E-state index in [-0.39, 0.29) is 23.2 Å². The van der Waals surface area contributed by atoms with E-state index in [2.05, 4.69) is 24.9 Å². The van der Waals surface area contributed by atoms with Crippen molar-refractivity contribution in [2.24, 2.45) is 0 Å². The molecule has 1 saturated heterocycles. The number of likely N-dealkylation sites (tertiary alicyclic amines) is 1. The molecule has 5 rings (SSSR count). The van der Waals surface area contributed by atoms with Gasteiger partial charge in [-0.05, 0) is 70.1 Å². The maximum atomic E-state index is 13.1. The topological polar surface area (TPSA) is 151 Å². The summed E-state index contributed by atoms with van der Waals surface area (Å²) in [6, 6.07) is 4.62.